The van der Waals surface area contributed by atoms with E-state index < -0.39 is 6.10 Å². The Morgan fingerprint density at radius 3 is 2.70 bits per heavy atom. The number of aliphatic hydroxyl groups excluding tert-OH is 1. The number of hydrogen-bond donors (Lipinski definition) is 4. The molecule has 1 aliphatic rings. The molecule has 1 amide bonds. The molecule has 180 valence electrons. The Hall–Kier alpha value is -2.17. The summed E-state index contributed by atoms with van der Waals surface area (Å²) in [4.78, 5) is 18.7. The van der Waals surface area contributed by atoms with E-state index in [9.17, 15) is 9.90 Å². The molecular weight excluding hydrogens is 529 g/mol. The van der Waals surface area contributed by atoms with Gasteiger partial charge in [0.2, 0.25) is 0 Å². The zero-order chi connectivity index (χ0) is 22.8. The first-order valence-corrected chi connectivity index (χ1v) is 11.4. The minimum atomic E-state index is -0.514. The van der Waals surface area contributed by atoms with Crippen molar-refractivity contribution in [3.8, 4) is 0 Å². The summed E-state index contributed by atoms with van der Waals surface area (Å²) < 4.78 is 0. The van der Waals surface area contributed by atoms with Crippen molar-refractivity contribution in [1.29, 1.82) is 0 Å². The van der Waals surface area contributed by atoms with Gasteiger partial charge in [-0.25, -0.2) is 0 Å². The molecule has 0 saturated carbocycles. The van der Waals surface area contributed by atoms with Crippen LogP contribution in [0.2, 0.25) is 0 Å². The van der Waals surface area contributed by atoms with Gasteiger partial charge in [0.25, 0.3) is 5.91 Å². The molecule has 0 aromatic heterocycles. The van der Waals surface area contributed by atoms with Gasteiger partial charge in [0, 0.05) is 45.3 Å². The van der Waals surface area contributed by atoms with Crippen LogP contribution in [0.5, 0.6) is 0 Å². The number of nitrogens with one attached hydrogen (secondary N) is 3. The number of amides is 1. The molecule has 1 atom stereocenters. The third-order valence-corrected chi connectivity index (χ3v) is 5.61. The lowest BCUT2D eigenvalue weighted by Crippen LogP contribution is -2.40. The van der Waals surface area contributed by atoms with Crippen LogP contribution in [0.25, 0.3) is 0 Å². The van der Waals surface area contributed by atoms with Gasteiger partial charge < -0.3 is 21.1 Å². The first-order chi connectivity index (χ1) is 15.6. The van der Waals surface area contributed by atoms with Crippen LogP contribution in [0.1, 0.15) is 34.0 Å². The smallest absolute Gasteiger partial charge is 0.251 e. The second-order valence-corrected chi connectivity index (χ2v) is 8.08. The first-order valence-electron chi connectivity index (χ1n) is 11.4. The normalized spacial score (nSPS) is 14.6. The summed E-state index contributed by atoms with van der Waals surface area (Å²) in [6, 6.07) is 16.2. The van der Waals surface area contributed by atoms with Gasteiger partial charge in [0.05, 0.1) is 12.6 Å². The van der Waals surface area contributed by atoms with Crippen LogP contribution in [-0.2, 0) is 19.4 Å². The first kappa shape index (κ1) is 27.1. The van der Waals surface area contributed by atoms with E-state index in [0.29, 0.717) is 31.2 Å². The highest BCUT2D eigenvalue weighted by Gasteiger charge is 2.18. The number of benzene rings is 2. The Bertz CT molecular complexity index is 921. The third-order valence-electron chi connectivity index (χ3n) is 5.61. The van der Waals surface area contributed by atoms with Gasteiger partial charge in [0.1, 0.15) is 0 Å². The quantitative estimate of drug-likeness (QED) is 0.213. The van der Waals surface area contributed by atoms with Gasteiger partial charge in [-0.15, -0.1) is 24.0 Å². The number of hydrogen-bond acceptors (Lipinski definition) is 4. The van der Waals surface area contributed by atoms with Crippen LogP contribution in [0.3, 0.4) is 0 Å². The molecule has 0 bridgehead atoms. The molecule has 4 N–H and O–H groups in total. The van der Waals surface area contributed by atoms with E-state index in [0.717, 1.165) is 38.0 Å². The van der Waals surface area contributed by atoms with E-state index in [1.54, 1.807) is 7.05 Å². The lowest BCUT2D eigenvalue weighted by atomic mass is 10.00. The SMILES string of the molecule is CCNC(=NCC(O)CN1CCc2ccccc2C1)NCCc1cccc(C(=O)NC)c1.I. The van der Waals surface area contributed by atoms with E-state index >= 15 is 0 Å². The van der Waals surface area contributed by atoms with Crippen molar-refractivity contribution >= 4 is 35.8 Å². The Labute approximate surface area is 214 Å². The van der Waals surface area contributed by atoms with E-state index in [1.807, 2.05) is 31.2 Å². The van der Waals surface area contributed by atoms with Crippen LogP contribution in [0.4, 0.5) is 0 Å². The highest BCUT2D eigenvalue weighted by atomic mass is 127. The molecule has 0 spiro atoms. The zero-order valence-electron chi connectivity index (χ0n) is 19.5. The monoisotopic (exact) mass is 565 g/mol. The fraction of sp³-hybridized carbons (Fsp3) is 0.440. The third kappa shape index (κ3) is 8.60. The van der Waals surface area contributed by atoms with Gasteiger partial charge in [-0.2, -0.15) is 0 Å². The van der Waals surface area contributed by atoms with Gasteiger partial charge >= 0.3 is 0 Å². The molecule has 2 aromatic rings. The Kier molecular flexibility index (Phi) is 11.6. The minimum absolute atomic E-state index is 0. The molecule has 8 heteroatoms. The molecular formula is C25H36IN5O2. The van der Waals surface area contributed by atoms with E-state index in [2.05, 4.69) is 50.1 Å². The molecule has 1 heterocycles. The van der Waals surface area contributed by atoms with Crippen LogP contribution in [0, 0.1) is 0 Å². The van der Waals surface area contributed by atoms with Crippen molar-refractivity contribution in [1.82, 2.24) is 20.9 Å². The summed E-state index contributed by atoms with van der Waals surface area (Å²) in [5.74, 6) is 0.610. The lowest BCUT2D eigenvalue weighted by molar-refractivity contribution is 0.0963. The fourth-order valence-corrected chi connectivity index (χ4v) is 3.94. The van der Waals surface area contributed by atoms with Gasteiger partial charge in [-0.05, 0) is 48.6 Å². The molecule has 0 fully saturated rings. The molecule has 2 aromatic carbocycles. The number of aliphatic hydroxyl groups is 1. The summed E-state index contributed by atoms with van der Waals surface area (Å²) >= 11 is 0. The second-order valence-electron chi connectivity index (χ2n) is 8.08. The number of fused-ring (bicyclic) bond motifs is 1. The molecule has 33 heavy (non-hydrogen) atoms. The van der Waals surface area contributed by atoms with Gasteiger partial charge in [-0.1, -0.05) is 36.4 Å². The predicted octanol–water partition coefficient (Wildman–Crippen LogP) is 2.18. The summed E-state index contributed by atoms with van der Waals surface area (Å²) in [7, 11) is 1.63. The van der Waals surface area contributed by atoms with Crippen molar-refractivity contribution in [3.63, 3.8) is 0 Å². The molecule has 0 radical (unpaired) electrons. The number of aliphatic imine (C=N–C) groups is 1. The minimum Gasteiger partial charge on any atom is -0.390 e. The largest absolute Gasteiger partial charge is 0.390 e. The van der Waals surface area contributed by atoms with Gasteiger partial charge in [-0.3, -0.25) is 14.7 Å². The summed E-state index contributed by atoms with van der Waals surface area (Å²) in [5.41, 5.74) is 4.51. The van der Waals surface area contributed by atoms with Crippen molar-refractivity contribution in [3.05, 3.63) is 70.8 Å². The van der Waals surface area contributed by atoms with E-state index in [4.69, 9.17) is 0 Å². The zero-order valence-corrected chi connectivity index (χ0v) is 21.8. The van der Waals surface area contributed by atoms with Crippen molar-refractivity contribution in [2.45, 2.75) is 32.4 Å². The topological polar surface area (TPSA) is 89.0 Å². The highest BCUT2D eigenvalue weighted by Crippen LogP contribution is 2.18. The summed E-state index contributed by atoms with van der Waals surface area (Å²) in [5, 5.41) is 19.7. The maximum absolute atomic E-state index is 11.8. The van der Waals surface area contributed by atoms with E-state index in [1.165, 1.54) is 11.1 Å². The number of carbonyl (C=O) groups excluding carboxylic acids is 1. The predicted molar refractivity (Wildman–Crippen MR) is 144 cm³/mol. The number of halogens is 1. The van der Waals surface area contributed by atoms with Crippen molar-refractivity contribution < 1.29 is 9.90 Å². The molecule has 0 aliphatic carbocycles. The number of nitrogens with zero attached hydrogens (tertiary/aromatic N) is 2. The highest BCUT2D eigenvalue weighted by molar-refractivity contribution is 14.0. The van der Waals surface area contributed by atoms with Crippen LogP contribution < -0.4 is 16.0 Å². The second kappa shape index (κ2) is 14.2. The van der Waals surface area contributed by atoms with Crippen LogP contribution >= 0.6 is 24.0 Å². The molecule has 7 nitrogen and oxygen atoms in total. The van der Waals surface area contributed by atoms with Crippen molar-refractivity contribution in [2.24, 2.45) is 4.99 Å². The van der Waals surface area contributed by atoms with E-state index in [-0.39, 0.29) is 29.9 Å². The average molecular weight is 566 g/mol. The molecule has 0 saturated heterocycles. The van der Waals surface area contributed by atoms with Crippen LogP contribution in [-0.4, -0.2) is 67.7 Å². The number of rotatable bonds is 9. The van der Waals surface area contributed by atoms with Crippen molar-refractivity contribution in [2.75, 3.05) is 39.8 Å². The average Bonchev–Trinajstić information content (AvgIpc) is 2.82. The number of β-amino-alcohol motifs (C(OH)–C–C–N with tert-alkyl or cyclic N) is 1. The molecule has 1 aliphatic heterocycles. The number of carbonyl (C=O) groups is 1. The Morgan fingerprint density at radius 1 is 1.15 bits per heavy atom. The molecule has 3 rings (SSSR count). The summed E-state index contributed by atoms with van der Waals surface area (Å²) in [6.45, 7) is 6.25. The maximum atomic E-state index is 11.8. The van der Waals surface area contributed by atoms with Crippen LogP contribution in [0.15, 0.2) is 53.5 Å². The van der Waals surface area contributed by atoms with Gasteiger partial charge in [0.15, 0.2) is 5.96 Å². The number of guanidine groups is 1. The fourth-order valence-electron chi connectivity index (χ4n) is 3.94. The summed E-state index contributed by atoms with van der Waals surface area (Å²) in [6.07, 6.45) is 1.28. The Balaban J connectivity index is 0.00000385. The maximum Gasteiger partial charge on any atom is 0.251 e. The lowest BCUT2D eigenvalue weighted by Gasteiger charge is -2.30. The standard InChI is InChI=1S/C25H35N5O2.HI/c1-3-27-25(28-13-11-19-7-6-10-21(15-19)24(32)26-2)29-16-23(31)18-30-14-12-20-8-4-5-9-22(20)17-30;/h4-10,15,23,31H,3,11-14,16-18H2,1-2H3,(H,26,32)(H2,27,28,29);1H. The molecule has 1 unspecified atom stereocenters. The Morgan fingerprint density at radius 2 is 1.94 bits per heavy atom.